The van der Waals surface area contributed by atoms with E-state index in [4.69, 9.17) is 5.73 Å². The third-order valence-corrected chi connectivity index (χ3v) is 2.93. The van der Waals surface area contributed by atoms with Crippen molar-refractivity contribution in [2.45, 2.75) is 32.7 Å². The molecule has 0 spiro atoms. The minimum atomic E-state index is 0.509. The molecule has 0 aliphatic carbocycles. The van der Waals surface area contributed by atoms with Crippen molar-refractivity contribution in [3.8, 4) is 0 Å². The Morgan fingerprint density at radius 1 is 1.25 bits per heavy atom. The van der Waals surface area contributed by atoms with Crippen molar-refractivity contribution in [2.75, 3.05) is 0 Å². The summed E-state index contributed by atoms with van der Waals surface area (Å²) in [4.78, 5) is 4.32. The largest absolute Gasteiger partial charge is 0.325 e. The van der Waals surface area contributed by atoms with Crippen LogP contribution in [0.25, 0.3) is 10.8 Å². The van der Waals surface area contributed by atoms with Crippen LogP contribution in [0.4, 0.5) is 0 Å². The lowest BCUT2D eigenvalue weighted by Gasteiger charge is -2.06. The van der Waals surface area contributed by atoms with Gasteiger partial charge >= 0.3 is 0 Å². The summed E-state index contributed by atoms with van der Waals surface area (Å²) in [6, 6.07) is 8.65. The highest BCUT2D eigenvalue weighted by atomic mass is 14.7. The van der Waals surface area contributed by atoms with E-state index >= 15 is 0 Å². The average Bonchev–Trinajstić information content (AvgIpc) is 2.35. The zero-order valence-electron chi connectivity index (χ0n) is 9.74. The molecular weight excluding hydrogens is 196 g/mol. The molecule has 0 bridgehead atoms. The van der Waals surface area contributed by atoms with Gasteiger partial charge < -0.3 is 5.73 Å². The van der Waals surface area contributed by atoms with Crippen molar-refractivity contribution < 1.29 is 0 Å². The van der Waals surface area contributed by atoms with E-state index in [0.29, 0.717) is 6.54 Å². The number of fused-ring (bicyclic) bond motifs is 1. The molecule has 1 aromatic carbocycles. The summed E-state index contributed by atoms with van der Waals surface area (Å²) in [6.07, 6.45) is 5.44. The second-order valence-electron chi connectivity index (χ2n) is 4.12. The SMILES string of the molecule is CCCCc1ccc2ccnc(CN)c2c1. The van der Waals surface area contributed by atoms with Crippen LogP contribution in [-0.4, -0.2) is 4.98 Å². The predicted octanol–water partition coefficient (Wildman–Crippen LogP) is 3.04. The van der Waals surface area contributed by atoms with Crippen LogP contribution in [-0.2, 0) is 13.0 Å². The van der Waals surface area contributed by atoms with Gasteiger partial charge in [0.05, 0.1) is 5.69 Å². The molecule has 1 aromatic heterocycles. The number of hydrogen-bond acceptors (Lipinski definition) is 2. The number of nitrogens with two attached hydrogens (primary N) is 1. The molecule has 84 valence electrons. The van der Waals surface area contributed by atoms with Gasteiger partial charge in [0.2, 0.25) is 0 Å². The third kappa shape index (κ3) is 2.22. The van der Waals surface area contributed by atoms with Gasteiger partial charge in [-0.05, 0) is 35.9 Å². The van der Waals surface area contributed by atoms with Gasteiger partial charge in [-0.15, -0.1) is 0 Å². The number of unbranched alkanes of at least 4 members (excludes halogenated alkanes) is 1. The Balaban J connectivity index is 2.42. The lowest BCUT2D eigenvalue weighted by atomic mass is 10.0. The Morgan fingerprint density at radius 3 is 2.88 bits per heavy atom. The zero-order valence-corrected chi connectivity index (χ0v) is 9.74. The third-order valence-electron chi connectivity index (χ3n) is 2.93. The smallest absolute Gasteiger partial charge is 0.0617 e. The summed E-state index contributed by atoms with van der Waals surface area (Å²) in [5.74, 6) is 0. The van der Waals surface area contributed by atoms with Crippen LogP contribution in [0.2, 0.25) is 0 Å². The van der Waals surface area contributed by atoms with Gasteiger partial charge in [-0.1, -0.05) is 25.5 Å². The van der Waals surface area contributed by atoms with E-state index in [1.54, 1.807) is 0 Å². The van der Waals surface area contributed by atoms with Gasteiger partial charge in [-0.25, -0.2) is 0 Å². The molecule has 0 atom stereocenters. The molecule has 0 saturated heterocycles. The second kappa shape index (κ2) is 5.08. The molecule has 2 heteroatoms. The average molecular weight is 214 g/mol. The van der Waals surface area contributed by atoms with Crippen LogP contribution < -0.4 is 5.73 Å². The monoisotopic (exact) mass is 214 g/mol. The van der Waals surface area contributed by atoms with Gasteiger partial charge in [0.25, 0.3) is 0 Å². The molecule has 2 aromatic rings. The summed E-state index contributed by atoms with van der Waals surface area (Å²) < 4.78 is 0. The molecule has 0 aliphatic heterocycles. The Hall–Kier alpha value is -1.41. The topological polar surface area (TPSA) is 38.9 Å². The molecule has 16 heavy (non-hydrogen) atoms. The van der Waals surface area contributed by atoms with Gasteiger partial charge in [-0.3, -0.25) is 4.98 Å². The van der Waals surface area contributed by atoms with Crippen molar-refractivity contribution in [3.63, 3.8) is 0 Å². The number of nitrogens with zero attached hydrogens (tertiary/aromatic N) is 1. The fourth-order valence-corrected chi connectivity index (χ4v) is 1.97. The van der Waals surface area contributed by atoms with Crippen LogP contribution in [0.3, 0.4) is 0 Å². The summed E-state index contributed by atoms with van der Waals surface area (Å²) >= 11 is 0. The molecule has 0 fully saturated rings. The first-order valence-corrected chi connectivity index (χ1v) is 5.91. The molecule has 0 amide bonds. The molecule has 2 N–H and O–H groups in total. The maximum atomic E-state index is 5.70. The number of benzene rings is 1. The summed E-state index contributed by atoms with van der Waals surface area (Å²) in [5, 5.41) is 2.44. The van der Waals surface area contributed by atoms with E-state index in [1.807, 2.05) is 12.3 Å². The minimum absolute atomic E-state index is 0.509. The fraction of sp³-hybridized carbons (Fsp3) is 0.357. The van der Waals surface area contributed by atoms with Gasteiger partial charge in [-0.2, -0.15) is 0 Å². The van der Waals surface area contributed by atoms with Crippen molar-refractivity contribution in [2.24, 2.45) is 5.73 Å². The fourth-order valence-electron chi connectivity index (χ4n) is 1.97. The normalized spacial score (nSPS) is 10.9. The molecule has 0 radical (unpaired) electrons. The van der Waals surface area contributed by atoms with E-state index < -0.39 is 0 Å². The van der Waals surface area contributed by atoms with Crippen LogP contribution in [0, 0.1) is 0 Å². The Labute approximate surface area is 96.5 Å². The molecule has 2 rings (SSSR count). The standard InChI is InChI=1S/C14H18N2/c1-2-3-4-11-5-6-12-7-8-16-14(10-15)13(12)9-11/h5-9H,2-4,10,15H2,1H3. The Bertz CT molecular complexity index is 477. The Kier molecular flexibility index (Phi) is 3.52. The van der Waals surface area contributed by atoms with E-state index in [0.717, 1.165) is 12.1 Å². The van der Waals surface area contributed by atoms with Crippen LogP contribution in [0.5, 0.6) is 0 Å². The lowest BCUT2D eigenvalue weighted by molar-refractivity contribution is 0.796. The predicted molar refractivity (Wildman–Crippen MR) is 68.2 cm³/mol. The molecule has 0 saturated carbocycles. The van der Waals surface area contributed by atoms with E-state index in [1.165, 1.54) is 29.2 Å². The molecule has 1 heterocycles. The number of aromatic nitrogens is 1. The quantitative estimate of drug-likeness (QED) is 0.849. The van der Waals surface area contributed by atoms with Crippen LogP contribution in [0.1, 0.15) is 31.0 Å². The zero-order chi connectivity index (χ0) is 11.4. The summed E-state index contributed by atoms with van der Waals surface area (Å²) in [5.41, 5.74) is 8.09. The number of hydrogen-bond donors (Lipinski definition) is 1. The van der Waals surface area contributed by atoms with Crippen molar-refractivity contribution in [1.29, 1.82) is 0 Å². The van der Waals surface area contributed by atoms with E-state index in [9.17, 15) is 0 Å². The number of aryl methyl sites for hydroxylation is 1. The molecule has 2 nitrogen and oxygen atoms in total. The lowest BCUT2D eigenvalue weighted by Crippen LogP contribution is -2.00. The number of pyridine rings is 1. The Morgan fingerprint density at radius 2 is 2.12 bits per heavy atom. The van der Waals surface area contributed by atoms with Crippen LogP contribution in [0.15, 0.2) is 30.5 Å². The van der Waals surface area contributed by atoms with Gasteiger partial charge in [0, 0.05) is 18.1 Å². The highest BCUT2D eigenvalue weighted by molar-refractivity contribution is 5.85. The highest BCUT2D eigenvalue weighted by Crippen LogP contribution is 2.19. The molecular formula is C14H18N2. The van der Waals surface area contributed by atoms with E-state index in [-0.39, 0.29) is 0 Å². The van der Waals surface area contributed by atoms with Crippen molar-refractivity contribution in [3.05, 3.63) is 41.7 Å². The van der Waals surface area contributed by atoms with Gasteiger partial charge in [0.1, 0.15) is 0 Å². The second-order valence-corrected chi connectivity index (χ2v) is 4.12. The van der Waals surface area contributed by atoms with Crippen molar-refractivity contribution >= 4 is 10.8 Å². The maximum Gasteiger partial charge on any atom is 0.0617 e. The van der Waals surface area contributed by atoms with E-state index in [2.05, 4.69) is 30.1 Å². The summed E-state index contributed by atoms with van der Waals surface area (Å²) in [7, 11) is 0. The van der Waals surface area contributed by atoms with Crippen LogP contribution >= 0.6 is 0 Å². The van der Waals surface area contributed by atoms with Gasteiger partial charge in [0.15, 0.2) is 0 Å². The maximum absolute atomic E-state index is 5.70. The number of rotatable bonds is 4. The molecule has 0 unspecified atom stereocenters. The first-order valence-electron chi connectivity index (χ1n) is 5.91. The molecule has 0 aliphatic rings. The first kappa shape index (κ1) is 11.1. The summed E-state index contributed by atoms with van der Waals surface area (Å²) in [6.45, 7) is 2.72. The minimum Gasteiger partial charge on any atom is -0.325 e. The first-order chi connectivity index (χ1) is 7.85. The van der Waals surface area contributed by atoms with Crippen molar-refractivity contribution in [1.82, 2.24) is 4.98 Å². The highest BCUT2D eigenvalue weighted by Gasteiger charge is 2.01.